The van der Waals surface area contributed by atoms with Crippen LogP contribution in [-0.2, 0) is 0 Å². The Labute approximate surface area is 54.4 Å². The van der Waals surface area contributed by atoms with Crippen LogP contribution < -0.4 is 0 Å². The van der Waals surface area contributed by atoms with Crippen LogP contribution >= 0.6 is 0 Å². The molecule has 1 aliphatic rings. The summed E-state index contributed by atoms with van der Waals surface area (Å²) in [6, 6.07) is 0. The molecule has 0 aromatic heterocycles. The maximum absolute atomic E-state index is 12.6. The minimum absolute atomic E-state index is 0.147. The van der Waals surface area contributed by atoms with Crippen molar-refractivity contribution in [3.05, 3.63) is 35.7 Å². The fourth-order valence-electron chi connectivity index (χ4n) is 0.752. The minimum atomic E-state index is -0.147. The molecule has 0 spiro atoms. The molecule has 0 radical (unpaired) electrons. The van der Waals surface area contributed by atoms with Crippen molar-refractivity contribution in [2.24, 2.45) is 0 Å². The number of hydrogen-bond donors (Lipinski definition) is 0. The van der Waals surface area contributed by atoms with E-state index in [0.29, 0.717) is 5.57 Å². The van der Waals surface area contributed by atoms with Crippen LogP contribution in [0.25, 0.3) is 0 Å². The maximum Gasteiger partial charge on any atom is 0.126 e. The lowest BCUT2D eigenvalue weighted by atomic mass is 10.0. The molecule has 0 saturated carbocycles. The van der Waals surface area contributed by atoms with Gasteiger partial charge in [0.25, 0.3) is 0 Å². The van der Waals surface area contributed by atoms with Gasteiger partial charge in [0, 0.05) is 0 Å². The van der Waals surface area contributed by atoms with E-state index in [1.807, 2.05) is 0 Å². The summed E-state index contributed by atoms with van der Waals surface area (Å²) in [5, 5.41) is 0. The van der Waals surface area contributed by atoms with Crippen molar-refractivity contribution in [2.75, 3.05) is 0 Å². The van der Waals surface area contributed by atoms with Gasteiger partial charge in [0.2, 0.25) is 0 Å². The Hall–Kier alpha value is -0.850. The van der Waals surface area contributed by atoms with E-state index >= 15 is 0 Å². The first-order valence-corrected chi connectivity index (χ1v) is 2.93. The van der Waals surface area contributed by atoms with Crippen molar-refractivity contribution >= 4 is 0 Å². The molecule has 0 aliphatic heterocycles. The van der Waals surface area contributed by atoms with Crippen molar-refractivity contribution in [3.63, 3.8) is 0 Å². The van der Waals surface area contributed by atoms with E-state index < -0.39 is 0 Å². The average Bonchev–Trinajstić information content (AvgIpc) is 1.83. The van der Waals surface area contributed by atoms with Gasteiger partial charge < -0.3 is 0 Å². The maximum atomic E-state index is 12.6. The highest BCUT2D eigenvalue weighted by Gasteiger charge is 2.05. The summed E-state index contributed by atoms with van der Waals surface area (Å²) in [5.41, 5.74) is 1.58. The minimum Gasteiger partial charge on any atom is -0.207 e. The molecule has 0 nitrogen and oxygen atoms in total. The smallest absolute Gasteiger partial charge is 0.126 e. The van der Waals surface area contributed by atoms with Gasteiger partial charge in [-0.3, -0.25) is 0 Å². The predicted octanol–water partition coefficient (Wildman–Crippen LogP) is 2.75. The summed E-state index contributed by atoms with van der Waals surface area (Å²) in [6.07, 6.45) is 4.06. The molecule has 1 heteroatoms. The highest BCUT2D eigenvalue weighted by Crippen LogP contribution is 2.22. The lowest BCUT2D eigenvalue weighted by Crippen LogP contribution is -1.89. The molecule has 0 saturated heterocycles. The van der Waals surface area contributed by atoms with Crippen molar-refractivity contribution in [1.29, 1.82) is 0 Å². The van der Waals surface area contributed by atoms with Gasteiger partial charge in [0.15, 0.2) is 0 Å². The first-order chi connectivity index (χ1) is 4.22. The molecular weight excluding hydrogens is 115 g/mol. The molecular formula is C8H9F. The van der Waals surface area contributed by atoms with Gasteiger partial charge in [0.1, 0.15) is 5.83 Å². The molecule has 0 bridgehead atoms. The third-order valence-electron chi connectivity index (χ3n) is 1.52. The van der Waals surface area contributed by atoms with E-state index in [9.17, 15) is 4.39 Å². The van der Waals surface area contributed by atoms with Crippen LogP contribution in [0.15, 0.2) is 35.7 Å². The normalized spacial score (nSPS) is 19.1. The SMILES string of the molecule is C=C1CC=CC(F)=C1C. The third kappa shape index (κ3) is 1.10. The Bertz CT molecular complexity index is 197. The third-order valence-corrected chi connectivity index (χ3v) is 1.52. The van der Waals surface area contributed by atoms with Crippen LogP contribution in [0.1, 0.15) is 13.3 Å². The molecule has 0 fully saturated rings. The Balaban J connectivity index is 2.97. The van der Waals surface area contributed by atoms with Crippen LogP contribution in [0.2, 0.25) is 0 Å². The van der Waals surface area contributed by atoms with E-state index in [2.05, 4.69) is 6.58 Å². The molecule has 1 rings (SSSR count). The second kappa shape index (κ2) is 2.18. The first-order valence-electron chi connectivity index (χ1n) is 2.93. The van der Waals surface area contributed by atoms with Crippen molar-refractivity contribution in [2.45, 2.75) is 13.3 Å². The highest BCUT2D eigenvalue weighted by atomic mass is 19.1. The van der Waals surface area contributed by atoms with E-state index in [-0.39, 0.29) is 5.83 Å². The van der Waals surface area contributed by atoms with Crippen LogP contribution in [0, 0.1) is 0 Å². The molecule has 48 valence electrons. The van der Waals surface area contributed by atoms with Crippen LogP contribution in [-0.4, -0.2) is 0 Å². The zero-order valence-corrected chi connectivity index (χ0v) is 5.45. The fourth-order valence-corrected chi connectivity index (χ4v) is 0.752. The summed E-state index contributed by atoms with van der Waals surface area (Å²) < 4.78 is 12.6. The van der Waals surface area contributed by atoms with Gasteiger partial charge in [-0.1, -0.05) is 12.7 Å². The van der Waals surface area contributed by atoms with Gasteiger partial charge >= 0.3 is 0 Å². The quantitative estimate of drug-likeness (QED) is 0.465. The Morgan fingerprint density at radius 3 is 2.78 bits per heavy atom. The van der Waals surface area contributed by atoms with E-state index in [1.165, 1.54) is 6.08 Å². The largest absolute Gasteiger partial charge is 0.207 e. The summed E-state index contributed by atoms with van der Waals surface area (Å²) in [6.45, 7) is 5.45. The predicted molar refractivity (Wildman–Crippen MR) is 36.7 cm³/mol. The number of hydrogen-bond acceptors (Lipinski definition) is 0. The molecule has 0 unspecified atom stereocenters. The summed E-state index contributed by atoms with van der Waals surface area (Å²) in [5.74, 6) is -0.147. The average molecular weight is 124 g/mol. The standard InChI is InChI=1S/C8H9F/c1-6-4-3-5-8(9)7(6)2/h3,5H,1,4H2,2H3. The first kappa shape index (κ1) is 6.27. The summed E-state index contributed by atoms with van der Waals surface area (Å²) in [7, 11) is 0. The van der Waals surface area contributed by atoms with E-state index in [0.717, 1.165) is 12.0 Å². The van der Waals surface area contributed by atoms with Gasteiger partial charge in [-0.05, 0) is 30.6 Å². The number of rotatable bonds is 0. The van der Waals surface area contributed by atoms with Crippen LogP contribution in [0.4, 0.5) is 4.39 Å². The van der Waals surface area contributed by atoms with Crippen molar-refractivity contribution in [3.8, 4) is 0 Å². The Morgan fingerprint density at radius 2 is 2.33 bits per heavy atom. The molecule has 0 aromatic rings. The second-order valence-corrected chi connectivity index (χ2v) is 2.18. The van der Waals surface area contributed by atoms with E-state index in [1.54, 1.807) is 13.0 Å². The molecule has 9 heavy (non-hydrogen) atoms. The van der Waals surface area contributed by atoms with Gasteiger partial charge in [-0.25, -0.2) is 4.39 Å². The lowest BCUT2D eigenvalue weighted by Gasteiger charge is -2.07. The van der Waals surface area contributed by atoms with Crippen molar-refractivity contribution in [1.82, 2.24) is 0 Å². The van der Waals surface area contributed by atoms with Crippen LogP contribution in [0.3, 0.4) is 0 Å². The fraction of sp³-hybridized carbons (Fsp3) is 0.250. The molecule has 0 amide bonds. The monoisotopic (exact) mass is 124 g/mol. The Morgan fingerprint density at radius 1 is 1.67 bits per heavy atom. The topological polar surface area (TPSA) is 0 Å². The van der Waals surface area contributed by atoms with Gasteiger partial charge in [0.05, 0.1) is 0 Å². The van der Waals surface area contributed by atoms with Crippen molar-refractivity contribution < 1.29 is 4.39 Å². The molecule has 0 aromatic carbocycles. The summed E-state index contributed by atoms with van der Waals surface area (Å²) in [4.78, 5) is 0. The second-order valence-electron chi connectivity index (χ2n) is 2.18. The zero-order valence-electron chi connectivity index (χ0n) is 5.45. The number of allylic oxidation sites excluding steroid dienone is 5. The number of halogens is 1. The molecule has 0 atom stereocenters. The summed E-state index contributed by atoms with van der Waals surface area (Å²) >= 11 is 0. The van der Waals surface area contributed by atoms with Gasteiger partial charge in [-0.15, -0.1) is 0 Å². The molecule has 0 heterocycles. The highest BCUT2D eigenvalue weighted by molar-refractivity contribution is 5.38. The Kier molecular flexibility index (Phi) is 1.52. The zero-order chi connectivity index (χ0) is 6.85. The van der Waals surface area contributed by atoms with Gasteiger partial charge in [-0.2, -0.15) is 0 Å². The molecule has 1 aliphatic carbocycles. The van der Waals surface area contributed by atoms with Crippen LogP contribution in [0.5, 0.6) is 0 Å². The molecule has 0 N–H and O–H groups in total. The lowest BCUT2D eigenvalue weighted by molar-refractivity contribution is 0.651. The van der Waals surface area contributed by atoms with E-state index in [4.69, 9.17) is 0 Å².